The number of nitrogens with zero attached hydrogens (tertiary/aromatic N) is 1. The summed E-state index contributed by atoms with van der Waals surface area (Å²) in [6, 6.07) is 3.44. The van der Waals surface area contributed by atoms with Crippen LogP contribution in [0, 0.1) is 0 Å². The molecule has 2 heterocycles. The second-order valence-corrected chi connectivity index (χ2v) is 2.52. The quantitative estimate of drug-likeness (QED) is 0.678. The minimum Gasteiger partial charge on any atom is -0.451 e. The second-order valence-electron chi connectivity index (χ2n) is 2.52. The molecule has 0 saturated carbocycles. The van der Waals surface area contributed by atoms with Gasteiger partial charge in [0.25, 0.3) is 12.2 Å². The molecule has 0 saturated heterocycles. The third-order valence-electron chi connectivity index (χ3n) is 1.67. The maximum absolute atomic E-state index is 11.2. The molecular formula is C8H8N2O3. The average molecular weight is 180 g/mol. The average Bonchev–Trinajstić information content (AvgIpc) is 2.17. The summed E-state index contributed by atoms with van der Waals surface area (Å²) in [4.78, 5) is 15.1. The molecule has 2 rings (SSSR count). The Labute approximate surface area is 74.7 Å². The van der Waals surface area contributed by atoms with E-state index in [4.69, 9.17) is 9.47 Å². The van der Waals surface area contributed by atoms with Crippen LogP contribution in [0.15, 0.2) is 18.3 Å². The van der Waals surface area contributed by atoms with E-state index in [-0.39, 0.29) is 5.91 Å². The monoisotopic (exact) mass is 180 g/mol. The molecule has 0 aliphatic carbocycles. The fraction of sp³-hybridized carbons (Fsp3) is 0.250. The molecule has 0 fully saturated rings. The van der Waals surface area contributed by atoms with E-state index >= 15 is 0 Å². The molecule has 1 aliphatic rings. The summed E-state index contributed by atoms with van der Waals surface area (Å²) in [6.07, 6.45) is 0.701. The topological polar surface area (TPSA) is 60.5 Å². The Morgan fingerprint density at radius 1 is 1.69 bits per heavy atom. The van der Waals surface area contributed by atoms with Crippen molar-refractivity contribution in [3.8, 4) is 5.75 Å². The van der Waals surface area contributed by atoms with Crippen LogP contribution in [0.4, 0.5) is 5.82 Å². The maximum Gasteiger partial charge on any atom is 0.295 e. The summed E-state index contributed by atoms with van der Waals surface area (Å²) < 4.78 is 9.99. The molecule has 68 valence electrons. The highest BCUT2D eigenvalue weighted by Gasteiger charge is 2.27. The van der Waals surface area contributed by atoms with Gasteiger partial charge in [-0.15, -0.1) is 0 Å². The van der Waals surface area contributed by atoms with Crippen molar-refractivity contribution in [2.75, 3.05) is 12.4 Å². The van der Waals surface area contributed by atoms with Crippen LogP contribution in [0.1, 0.15) is 0 Å². The number of aromatic nitrogens is 1. The molecule has 1 unspecified atom stereocenters. The number of carbonyl (C=O) groups excluding carboxylic acids is 1. The summed E-state index contributed by atoms with van der Waals surface area (Å²) in [7, 11) is 1.41. The number of hydrogen-bond donors (Lipinski definition) is 1. The molecule has 0 aromatic carbocycles. The number of anilines is 1. The fourth-order valence-electron chi connectivity index (χ4n) is 1.08. The first-order valence-corrected chi connectivity index (χ1v) is 3.76. The van der Waals surface area contributed by atoms with Gasteiger partial charge in [-0.25, -0.2) is 4.98 Å². The number of nitrogens with one attached hydrogen (secondary N) is 1. The van der Waals surface area contributed by atoms with E-state index in [2.05, 4.69) is 10.3 Å². The van der Waals surface area contributed by atoms with Gasteiger partial charge >= 0.3 is 0 Å². The molecule has 5 heteroatoms. The normalized spacial score (nSPS) is 20.1. The fourth-order valence-corrected chi connectivity index (χ4v) is 1.08. The Morgan fingerprint density at radius 2 is 2.54 bits per heavy atom. The minimum absolute atomic E-state index is 0.339. The van der Waals surface area contributed by atoms with E-state index in [1.54, 1.807) is 18.3 Å². The SMILES string of the molecule is COC1Oc2cccnc2NC1=O. The van der Waals surface area contributed by atoms with Gasteiger partial charge in [0.2, 0.25) is 0 Å². The van der Waals surface area contributed by atoms with Gasteiger partial charge in [0, 0.05) is 13.3 Å². The standard InChI is InChI=1S/C8H8N2O3/c1-12-8-7(11)10-6-5(13-8)3-2-4-9-6/h2-4,8H,1H3,(H,9,10,11). The van der Waals surface area contributed by atoms with E-state index in [0.29, 0.717) is 11.6 Å². The molecule has 1 N–H and O–H groups in total. The van der Waals surface area contributed by atoms with Crippen molar-refractivity contribution < 1.29 is 14.3 Å². The van der Waals surface area contributed by atoms with E-state index < -0.39 is 6.29 Å². The van der Waals surface area contributed by atoms with Crippen LogP contribution in [0.25, 0.3) is 0 Å². The van der Waals surface area contributed by atoms with Crippen molar-refractivity contribution in [1.82, 2.24) is 4.98 Å². The van der Waals surface area contributed by atoms with Crippen molar-refractivity contribution in [1.29, 1.82) is 0 Å². The lowest BCUT2D eigenvalue weighted by atomic mass is 10.3. The number of fused-ring (bicyclic) bond motifs is 1. The predicted octanol–water partition coefficient (Wildman–Crippen LogP) is 0.385. The molecule has 1 aromatic heterocycles. The van der Waals surface area contributed by atoms with E-state index in [0.717, 1.165) is 0 Å². The zero-order valence-electron chi connectivity index (χ0n) is 6.98. The second kappa shape index (κ2) is 3.02. The van der Waals surface area contributed by atoms with Crippen LogP contribution in [0.3, 0.4) is 0 Å². The van der Waals surface area contributed by atoms with Crippen LogP contribution in [-0.2, 0) is 9.53 Å². The van der Waals surface area contributed by atoms with Gasteiger partial charge in [-0.2, -0.15) is 0 Å². The number of carbonyl (C=O) groups is 1. The zero-order valence-corrected chi connectivity index (χ0v) is 6.98. The lowest BCUT2D eigenvalue weighted by Gasteiger charge is -2.23. The van der Waals surface area contributed by atoms with Crippen molar-refractivity contribution in [3.63, 3.8) is 0 Å². The van der Waals surface area contributed by atoms with Gasteiger partial charge in [-0.1, -0.05) is 0 Å². The van der Waals surface area contributed by atoms with Crippen LogP contribution >= 0.6 is 0 Å². The van der Waals surface area contributed by atoms with Crippen molar-refractivity contribution in [3.05, 3.63) is 18.3 Å². The summed E-state index contributed by atoms with van der Waals surface area (Å²) >= 11 is 0. The number of methoxy groups -OCH3 is 1. The third kappa shape index (κ3) is 1.33. The largest absolute Gasteiger partial charge is 0.451 e. The number of pyridine rings is 1. The Kier molecular flexibility index (Phi) is 1.86. The molecule has 1 amide bonds. The summed E-state index contributed by atoms with van der Waals surface area (Å²) in [6.45, 7) is 0. The highest BCUT2D eigenvalue weighted by molar-refractivity contribution is 5.95. The number of ether oxygens (including phenoxy) is 2. The van der Waals surface area contributed by atoms with Crippen molar-refractivity contribution >= 4 is 11.7 Å². The Balaban J connectivity index is 2.33. The molecular weight excluding hydrogens is 172 g/mol. The molecule has 13 heavy (non-hydrogen) atoms. The Hall–Kier alpha value is -1.62. The van der Waals surface area contributed by atoms with Gasteiger partial charge in [0.1, 0.15) is 0 Å². The Bertz CT molecular complexity index is 340. The summed E-state index contributed by atoms with van der Waals surface area (Å²) in [5, 5.41) is 2.56. The van der Waals surface area contributed by atoms with Crippen molar-refractivity contribution in [2.24, 2.45) is 0 Å². The molecule has 1 atom stereocenters. The number of hydrogen-bond acceptors (Lipinski definition) is 4. The number of rotatable bonds is 1. The van der Waals surface area contributed by atoms with Crippen LogP contribution in [0.5, 0.6) is 5.75 Å². The van der Waals surface area contributed by atoms with Gasteiger partial charge in [0.15, 0.2) is 11.6 Å². The van der Waals surface area contributed by atoms with E-state index in [1.165, 1.54) is 7.11 Å². The lowest BCUT2D eigenvalue weighted by molar-refractivity contribution is -0.143. The molecule has 0 radical (unpaired) electrons. The number of amides is 1. The Morgan fingerprint density at radius 3 is 3.31 bits per heavy atom. The van der Waals surface area contributed by atoms with Crippen molar-refractivity contribution in [2.45, 2.75) is 6.29 Å². The zero-order chi connectivity index (χ0) is 9.26. The first-order chi connectivity index (χ1) is 6.31. The van der Waals surface area contributed by atoms with Crippen LogP contribution in [-0.4, -0.2) is 24.3 Å². The third-order valence-corrected chi connectivity index (χ3v) is 1.67. The highest BCUT2D eigenvalue weighted by atomic mass is 16.7. The first-order valence-electron chi connectivity index (χ1n) is 3.76. The lowest BCUT2D eigenvalue weighted by Crippen LogP contribution is -2.38. The van der Waals surface area contributed by atoms with E-state index in [1.807, 2.05) is 0 Å². The van der Waals surface area contributed by atoms with Gasteiger partial charge in [0.05, 0.1) is 0 Å². The molecule has 1 aromatic rings. The molecule has 0 bridgehead atoms. The molecule has 5 nitrogen and oxygen atoms in total. The predicted molar refractivity (Wildman–Crippen MR) is 44.3 cm³/mol. The first kappa shape index (κ1) is 8.00. The highest BCUT2D eigenvalue weighted by Crippen LogP contribution is 2.26. The smallest absolute Gasteiger partial charge is 0.295 e. The minimum atomic E-state index is -0.878. The van der Waals surface area contributed by atoms with Gasteiger partial charge in [-0.3, -0.25) is 4.79 Å². The van der Waals surface area contributed by atoms with Gasteiger partial charge in [-0.05, 0) is 12.1 Å². The van der Waals surface area contributed by atoms with E-state index in [9.17, 15) is 4.79 Å². The summed E-state index contributed by atoms with van der Waals surface area (Å²) in [5.74, 6) is 0.614. The van der Waals surface area contributed by atoms with Crippen LogP contribution < -0.4 is 10.1 Å². The van der Waals surface area contributed by atoms with Crippen LogP contribution in [0.2, 0.25) is 0 Å². The maximum atomic E-state index is 11.2. The van der Waals surface area contributed by atoms with Gasteiger partial charge < -0.3 is 14.8 Å². The molecule has 0 spiro atoms. The molecule has 1 aliphatic heterocycles. The summed E-state index contributed by atoms with van der Waals surface area (Å²) in [5.41, 5.74) is 0.